The Bertz CT molecular complexity index is 144. The lowest BCUT2D eigenvalue weighted by Gasteiger charge is -2.22. The summed E-state index contributed by atoms with van der Waals surface area (Å²) in [6, 6.07) is 0. The maximum atomic E-state index is 11.6. The first-order valence-corrected chi connectivity index (χ1v) is 4.86. The molecule has 11 heavy (non-hydrogen) atoms. The molecule has 0 aromatic carbocycles. The zero-order chi connectivity index (χ0) is 9.23. The first kappa shape index (κ1) is 11.2. The van der Waals surface area contributed by atoms with Crippen molar-refractivity contribution in [3.8, 4) is 0 Å². The molecular formula is C9H17BrO. The van der Waals surface area contributed by atoms with E-state index in [2.05, 4.69) is 15.9 Å². The Morgan fingerprint density at radius 1 is 1.27 bits per heavy atom. The molecule has 2 heteroatoms. The number of halogens is 1. The molecule has 0 aliphatic heterocycles. The zero-order valence-electron chi connectivity index (χ0n) is 7.94. The van der Waals surface area contributed by atoms with Gasteiger partial charge in [-0.3, -0.25) is 4.79 Å². The van der Waals surface area contributed by atoms with Gasteiger partial charge in [-0.15, -0.1) is 0 Å². The van der Waals surface area contributed by atoms with E-state index in [1.54, 1.807) is 0 Å². The fourth-order valence-corrected chi connectivity index (χ4v) is 1.40. The Labute approximate surface area is 77.7 Å². The minimum atomic E-state index is -0.224. The quantitative estimate of drug-likeness (QED) is 0.655. The molecule has 0 spiro atoms. The third-order valence-electron chi connectivity index (χ3n) is 1.57. The monoisotopic (exact) mass is 220 g/mol. The summed E-state index contributed by atoms with van der Waals surface area (Å²) in [6.07, 6.45) is 0. The number of Topliss-reactive ketones (excluding diaryl/α,β-unsaturated/α-hetero) is 1. The molecule has 0 N–H and O–H groups in total. The van der Waals surface area contributed by atoms with Crippen LogP contribution < -0.4 is 0 Å². The van der Waals surface area contributed by atoms with Crippen molar-refractivity contribution in [2.75, 3.05) is 0 Å². The molecule has 0 aliphatic rings. The maximum absolute atomic E-state index is 11.6. The fraction of sp³-hybridized carbons (Fsp3) is 0.889. The molecule has 1 unspecified atom stereocenters. The number of hydrogen-bond acceptors (Lipinski definition) is 1. The fourth-order valence-electron chi connectivity index (χ4n) is 0.716. The number of carbonyl (C=O) groups is 1. The number of hydrogen-bond donors (Lipinski definition) is 0. The first-order valence-electron chi connectivity index (χ1n) is 3.95. The van der Waals surface area contributed by atoms with E-state index >= 15 is 0 Å². The smallest absolute Gasteiger partial charge is 0.152 e. The largest absolute Gasteiger partial charge is 0.298 e. The average molecular weight is 221 g/mol. The van der Waals surface area contributed by atoms with Gasteiger partial charge in [0, 0.05) is 5.41 Å². The van der Waals surface area contributed by atoms with Crippen LogP contribution in [0.3, 0.4) is 0 Å². The molecule has 0 fully saturated rings. The minimum Gasteiger partial charge on any atom is -0.298 e. The van der Waals surface area contributed by atoms with Gasteiger partial charge in [0.2, 0.25) is 0 Å². The van der Waals surface area contributed by atoms with Gasteiger partial charge in [-0.25, -0.2) is 0 Å². The number of ketones is 1. The summed E-state index contributed by atoms with van der Waals surface area (Å²) in [5.74, 6) is 0.661. The van der Waals surface area contributed by atoms with Crippen LogP contribution in [-0.4, -0.2) is 10.6 Å². The maximum Gasteiger partial charge on any atom is 0.152 e. The van der Waals surface area contributed by atoms with Crippen LogP contribution in [0, 0.1) is 11.3 Å². The van der Waals surface area contributed by atoms with Gasteiger partial charge in [0.15, 0.2) is 5.78 Å². The van der Waals surface area contributed by atoms with E-state index in [9.17, 15) is 4.79 Å². The van der Waals surface area contributed by atoms with Crippen LogP contribution in [0.1, 0.15) is 34.6 Å². The van der Waals surface area contributed by atoms with Crippen LogP contribution in [0.25, 0.3) is 0 Å². The Morgan fingerprint density at radius 2 is 1.64 bits per heavy atom. The molecule has 66 valence electrons. The van der Waals surface area contributed by atoms with Crippen molar-refractivity contribution in [2.24, 2.45) is 11.3 Å². The summed E-state index contributed by atoms with van der Waals surface area (Å²) >= 11 is 3.39. The Morgan fingerprint density at radius 3 is 1.73 bits per heavy atom. The van der Waals surface area contributed by atoms with E-state index in [1.165, 1.54) is 0 Å². The van der Waals surface area contributed by atoms with E-state index in [1.807, 2.05) is 34.6 Å². The van der Waals surface area contributed by atoms with Gasteiger partial charge in [0.25, 0.3) is 0 Å². The SMILES string of the molecule is CC(C)C(Br)C(=O)C(C)(C)C. The molecule has 0 saturated carbocycles. The Balaban J connectivity index is 4.26. The van der Waals surface area contributed by atoms with Crippen molar-refractivity contribution in [2.45, 2.75) is 39.4 Å². The average Bonchev–Trinajstić information content (AvgIpc) is 1.82. The van der Waals surface area contributed by atoms with Gasteiger partial charge in [0.1, 0.15) is 0 Å². The highest BCUT2D eigenvalue weighted by Crippen LogP contribution is 2.24. The number of alkyl halides is 1. The van der Waals surface area contributed by atoms with Gasteiger partial charge in [-0.1, -0.05) is 50.5 Å². The van der Waals surface area contributed by atoms with Crippen LogP contribution in [0.2, 0.25) is 0 Å². The summed E-state index contributed by atoms with van der Waals surface area (Å²) in [5.41, 5.74) is -0.224. The van der Waals surface area contributed by atoms with Crippen molar-refractivity contribution in [1.29, 1.82) is 0 Å². The molecule has 0 amide bonds. The van der Waals surface area contributed by atoms with Gasteiger partial charge < -0.3 is 0 Å². The third-order valence-corrected chi connectivity index (χ3v) is 3.05. The zero-order valence-corrected chi connectivity index (χ0v) is 9.53. The molecule has 0 aromatic heterocycles. The van der Waals surface area contributed by atoms with Gasteiger partial charge >= 0.3 is 0 Å². The Kier molecular flexibility index (Phi) is 3.75. The topological polar surface area (TPSA) is 17.1 Å². The molecule has 0 aromatic rings. The van der Waals surface area contributed by atoms with Crippen molar-refractivity contribution in [3.63, 3.8) is 0 Å². The van der Waals surface area contributed by atoms with Gasteiger partial charge in [0.05, 0.1) is 4.83 Å². The minimum absolute atomic E-state index is 0.00231. The van der Waals surface area contributed by atoms with E-state index < -0.39 is 0 Å². The van der Waals surface area contributed by atoms with E-state index in [-0.39, 0.29) is 16.0 Å². The van der Waals surface area contributed by atoms with E-state index in [0.29, 0.717) is 5.92 Å². The summed E-state index contributed by atoms with van der Waals surface area (Å²) in [4.78, 5) is 11.6. The first-order chi connectivity index (χ1) is 4.76. The molecule has 0 saturated heterocycles. The van der Waals surface area contributed by atoms with E-state index in [4.69, 9.17) is 0 Å². The van der Waals surface area contributed by atoms with Crippen LogP contribution in [0.4, 0.5) is 0 Å². The molecular weight excluding hydrogens is 204 g/mol. The molecule has 0 rings (SSSR count). The lowest BCUT2D eigenvalue weighted by atomic mass is 9.86. The van der Waals surface area contributed by atoms with Crippen LogP contribution in [0.15, 0.2) is 0 Å². The van der Waals surface area contributed by atoms with Gasteiger partial charge in [-0.05, 0) is 5.92 Å². The van der Waals surface area contributed by atoms with Gasteiger partial charge in [-0.2, -0.15) is 0 Å². The molecule has 0 aliphatic carbocycles. The van der Waals surface area contributed by atoms with Crippen molar-refractivity contribution < 1.29 is 4.79 Å². The van der Waals surface area contributed by atoms with Crippen LogP contribution in [0.5, 0.6) is 0 Å². The molecule has 0 bridgehead atoms. The van der Waals surface area contributed by atoms with Crippen molar-refractivity contribution in [1.82, 2.24) is 0 Å². The standard InChI is InChI=1S/C9H17BrO/c1-6(2)7(10)8(11)9(3,4)5/h6-7H,1-5H3. The molecule has 1 nitrogen and oxygen atoms in total. The number of rotatable bonds is 2. The molecule has 1 atom stereocenters. The highest BCUT2D eigenvalue weighted by Gasteiger charge is 2.29. The summed E-state index contributed by atoms with van der Waals surface area (Å²) in [6.45, 7) is 9.94. The number of carbonyl (C=O) groups excluding carboxylic acids is 1. The summed E-state index contributed by atoms with van der Waals surface area (Å²) < 4.78 is 0. The second-order valence-electron chi connectivity index (χ2n) is 4.26. The molecule has 0 radical (unpaired) electrons. The normalized spacial score (nSPS) is 15.2. The second kappa shape index (κ2) is 3.70. The highest BCUT2D eigenvalue weighted by molar-refractivity contribution is 9.10. The van der Waals surface area contributed by atoms with Crippen molar-refractivity contribution in [3.05, 3.63) is 0 Å². The Hall–Kier alpha value is 0.150. The van der Waals surface area contributed by atoms with E-state index in [0.717, 1.165) is 0 Å². The summed E-state index contributed by atoms with van der Waals surface area (Å²) in [7, 11) is 0. The molecule has 0 heterocycles. The lowest BCUT2D eigenvalue weighted by molar-refractivity contribution is -0.126. The predicted molar refractivity (Wildman–Crippen MR) is 52.0 cm³/mol. The highest BCUT2D eigenvalue weighted by atomic mass is 79.9. The van der Waals surface area contributed by atoms with Crippen LogP contribution in [-0.2, 0) is 4.79 Å². The van der Waals surface area contributed by atoms with Crippen molar-refractivity contribution >= 4 is 21.7 Å². The lowest BCUT2D eigenvalue weighted by Crippen LogP contribution is -2.31. The predicted octanol–water partition coefficient (Wildman–Crippen LogP) is 3.02. The summed E-state index contributed by atoms with van der Waals surface area (Å²) in [5, 5.41) is 0. The third kappa shape index (κ3) is 3.37. The second-order valence-corrected chi connectivity index (χ2v) is 5.25. The van der Waals surface area contributed by atoms with Crippen LogP contribution >= 0.6 is 15.9 Å².